The average Bonchev–Trinajstić information content (AvgIpc) is 3.36. The van der Waals surface area contributed by atoms with E-state index in [9.17, 15) is 22.4 Å². The van der Waals surface area contributed by atoms with Crippen molar-refractivity contribution in [1.82, 2.24) is 9.78 Å². The number of benzene rings is 4. The summed E-state index contributed by atoms with van der Waals surface area (Å²) < 4.78 is 62.9. The second-order valence-corrected chi connectivity index (χ2v) is 8.26. The summed E-state index contributed by atoms with van der Waals surface area (Å²) in [7, 11) is 0. The van der Waals surface area contributed by atoms with Gasteiger partial charge in [0, 0.05) is 29.1 Å². The number of carbonyl (C=O) groups is 1. The Hall–Kier alpha value is -5.12. The SMILES string of the molecule is O=C(Nc1cccc(Oc2ccc(OC(F)F)cc2)c1)n1cc(-c2ccc(F)cc2)c(-c2ccc(F)cc2)n1. The van der Waals surface area contributed by atoms with Crippen molar-refractivity contribution in [2.75, 3.05) is 5.32 Å². The minimum Gasteiger partial charge on any atom is -0.457 e. The van der Waals surface area contributed by atoms with Crippen LogP contribution >= 0.6 is 0 Å². The van der Waals surface area contributed by atoms with Crippen LogP contribution in [0.2, 0.25) is 0 Å². The van der Waals surface area contributed by atoms with Crippen LogP contribution in [0.25, 0.3) is 22.4 Å². The number of amides is 1. The molecule has 0 aliphatic heterocycles. The van der Waals surface area contributed by atoms with Gasteiger partial charge in [-0.15, -0.1) is 0 Å². The van der Waals surface area contributed by atoms with Crippen molar-refractivity contribution in [3.05, 3.63) is 115 Å². The van der Waals surface area contributed by atoms with Crippen LogP contribution in [0.4, 0.5) is 28.0 Å². The van der Waals surface area contributed by atoms with E-state index < -0.39 is 24.3 Å². The summed E-state index contributed by atoms with van der Waals surface area (Å²) in [6.07, 6.45) is 1.50. The van der Waals surface area contributed by atoms with Gasteiger partial charge < -0.3 is 14.8 Å². The summed E-state index contributed by atoms with van der Waals surface area (Å²) in [6.45, 7) is -2.93. The number of hydrogen-bond donors (Lipinski definition) is 1. The molecule has 0 fully saturated rings. The highest BCUT2D eigenvalue weighted by Gasteiger charge is 2.17. The van der Waals surface area contributed by atoms with E-state index in [0.717, 1.165) is 4.68 Å². The fraction of sp³-hybridized carbons (Fsp3) is 0.0345. The number of rotatable bonds is 7. The first-order chi connectivity index (χ1) is 18.8. The molecular weight excluding hydrogens is 514 g/mol. The molecule has 0 aliphatic rings. The third-order valence-electron chi connectivity index (χ3n) is 5.57. The lowest BCUT2D eigenvalue weighted by Crippen LogP contribution is -2.19. The van der Waals surface area contributed by atoms with Gasteiger partial charge in [0.1, 0.15) is 34.6 Å². The Balaban J connectivity index is 1.37. The van der Waals surface area contributed by atoms with Crippen LogP contribution in [0.15, 0.2) is 103 Å². The van der Waals surface area contributed by atoms with E-state index in [1.807, 2.05) is 0 Å². The number of hydrogen-bond acceptors (Lipinski definition) is 4. The largest absolute Gasteiger partial charge is 0.457 e. The highest BCUT2D eigenvalue weighted by atomic mass is 19.3. The lowest BCUT2D eigenvalue weighted by atomic mass is 10.0. The summed E-state index contributed by atoms with van der Waals surface area (Å²) in [4.78, 5) is 13.1. The fourth-order valence-electron chi connectivity index (χ4n) is 3.78. The number of anilines is 1. The van der Waals surface area contributed by atoms with Crippen LogP contribution in [0.3, 0.4) is 0 Å². The molecule has 0 radical (unpaired) electrons. The molecule has 0 saturated carbocycles. The maximum Gasteiger partial charge on any atom is 0.387 e. The number of halogens is 4. The topological polar surface area (TPSA) is 65.4 Å². The molecule has 1 aromatic heterocycles. The van der Waals surface area contributed by atoms with Crippen molar-refractivity contribution < 1.29 is 31.8 Å². The van der Waals surface area contributed by atoms with Gasteiger partial charge in [0.2, 0.25) is 0 Å². The molecule has 0 unspecified atom stereocenters. The van der Waals surface area contributed by atoms with Crippen molar-refractivity contribution in [1.29, 1.82) is 0 Å². The Kier molecular flexibility index (Phi) is 7.26. The number of alkyl halides is 2. The lowest BCUT2D eigenvalue weighted by Gasteiger charge is -2.10. The zero-order valence-corrected chi connectivity index (χ0v) is 20.0. The molecule has 0 saturated heterocycles. The Morgan fingerprint density at radius 3 is 2.03 bits per heavy atom. The van der Waals surface area contributed by atoms with Gasteiger partial charge in [-0.1, -0.05) is 18.2 Å². The molecule has 0 aliphatic carbocycles. The zero-order valence-electron chi connectivity index (χ0n) is 20.0. The van der Waals surface area contributed by atoms with Gasteiger partial charge >= 0.3 is 12.6 Å². The Morgan fingerprint density at radius 2 is 1.38 bits per heavy atom. The summed E-state index contributed by atoms with van der Waals surface area (Å²) in [5.74, 6) is -0.0713. The molecule has 0 atom stereocenters. The fourth-order valence-corrected chi connectivity index (χ4v) is 3.78. The van der Waals surface area contributed by atoms with Crippen molar-refractivity contribution in [2.45, 2.75) is 6.61 Å². The molecule has 0 bridgehead atoms. The molecule has 0 spiro atoms. The first kappa shape index (κ1) is 25.5. The Bertz CT molecular complexity index is 1520. The van der Waals surface area contributed by atoms with Crippen molar-refractivity contribution in [3.8, 4) is 39.6 Å². The quantitative estimate of drug-likeness (QED) is 0.216. The van der Waals surface area contributed by atoms with Crippen LogP contribution < -0.4 is 14.8 Å². The number of aromatic nitrogens is 2. The maximum absolute atomic E-state index is 13.5. The number of carbonyl (C=O) groups excluding carboxylic acids is 1. The second-order valence-electron chi connectivity index (χ2n) is 8.26. The summed E-state index contributed by atoms with van der Waals surface area (Å²) in [5, 5.41) is 7.15. The van der Waals surface area contributed by atoms with Gasteiger partial charge in [-0.3, -0.25) is 0 Å². The first-order valence-corrected chi connectivity index (χ1v) is 11.6. The molecule has 4 aromatic carbocycles. The van der Waals surface area contributed by atoms with Gasteiger partial charge in [0.15, 0.2) is 0 Å². The van der Waals surface area contributed by atoms with E-state index in [2.05, 4.69) is 15.2 Å². The van der Waals surface area contributed by atoms with Gasteiger partial charge in [-0.05, 0) is 78.4 Å². The maximum atomic E-state index is 13.5. The second kappa shape index (κ2) is 11.1. The van der Waals surface area contributed by atoms with Crippen LogP contribution in [0.1, 0.15) is 0 Å². The molecule has 5 aromatic rings. The van der Waals surface area contributed by atoms with E-state index >= 15 is 0 Å². The van der Waals surface area contributed by atoms with Gasteiger partial charge in [-0.2, -0.15) is 18.6 Å². The predicted octanol–water partition coefficient (Wildman–Crippen LogP) is 7.97. The van der Waals surface area contributed by atoms with Crippen molar-refractivity contribution >= 4 is 11.7 Å². The van der Waals surface area contributed by atoms with Gasteiger partial charge in [-0.25, -0.2) is 13.6 Å². The molecule has 5 rings (SSSR count). The minimum absolute atomic E-state index is 0.00222. The highest BCUT2D eigenvalue weighted by molar-refractivity contribution is 5.93. The van der Waals surface area contributed by atoms with Crippen LogP contribution in [-0.2, 0) is 0 Å². The third-order valence-corrected chi connectivity index (χ3v) is 5.57. The molecule has 1 amide bonds. The van der Waals surface area contributed by atoms with Gasteiger partial charge in [0.05, 0.1) is 0 Å². The van der Waals surface area contributed by atoms with Gasteiger partial charge in [0.25, 0.3) is 0 Å². The number of nitrogens with one attached hydrogen (secondary N) is 1. The summed E-state index contributed by atoms with van der Waals surface area (Å²) in [5.41, 5.74) is 2.55. The molecule has 6 nitrogen and oxygen atoms in total. The van der Waals surface area contributed by atoms with Crippen molar-refractivity contribution in [3.63, 3.8) is 0 Å². The molecule has 1 heterocycles. The van der Waals surface area contributed by atoms with Crippen molar-refractivity contribution in [2.24, 2.45) is 0 Å². The molecular formula is C29H19F4N3O3. The third kappa shape index (κ3) is 6.24. The minimum atomic E-state index is -2.93. The lowest BCUT2D eigenvalue weighted by molar-refractivity contribution is -0.0498. The number of nitrogens with zero attached hydrogens (tertiary/aromatic N) is 2. The van der Waals surface area contributed by atoms with E-state index in [-0.39, 0.29) is 5.75 Å². The van der Waals surface area contributed by atoms with E-state index in [1.54, 1.807) is 48.5 Å². The molecule has 10 heteroatoms. The molecule has 39 heavy (non-hydrogen) atoms. The van der Waals surface area contributed by atoms with E-state index in [4.69, 9.17) is 4.74 Å². The molecule has 196 valence electrons. The van der Waals surface area contributed by atoms with Crippen LogP contribution in [0, 0.1) is 11.6 Å². The monoisotopic (exact) mass is 533 g/mol. The normalized spacial score (nSPS) is 10.9. The first-order valence-electron chi connectivity index (χ1n) is 11.6. The molecule has 1 N–H and O–H groups in total. The zero-order chi connectivity index (χ0) is 27.4. The summed E-state index contributed by atoms with van der Waals surface area (Å²) in [6, 6.07) is 23.0. The smallest absolute Gasteiger partial charge is 0.387 e. The van der Waals surface area contributed by atoms with Crippen LogP contribution in [0.5, 0.6) is 17.2 Å². The van der Waals surface area contributed by atoms with Crippen LogP contribution in [-0.4, -0.2) is 22.4 Å². The highest BCUT2D eigenvalue weighted by Crippen LogP contribution is 2.32. The Labute approximate surface area is 220 Å². The Morgan fingerprint density at radius 1 is 0.769 bits per heavy atom. The number of ether oxygens (including phenoxy) is 2. The van der Waals surface area contributed by atoms with E-state index in [0.29, 0.717) is 39.6 Å². The van der Waals surface area contributed by atoms with E-state index in [1.165, 1.54) is 54.7 Å². The summed E-state index contributed by atoms with van der Waals surface area (Å²) >= 11 is 0. The predicted molar refractivity (Wildman–Crippen MR) is 137 cm³/mol. The standard InChI is InChI=1S/C29H19F4N3O3/c30-20-8-4-18(5-9-20)26-17-36(35-27(26)19-6-10-21(31)11-7-19)29(37)34-22-2-1-3-25(16-22)38-23-12-14-24(15-13-23)39-28(32)33/h1-17,28H,(H,34,37). The average molecular weight is 533 g/mol.